The van der Waals surface area contributed by atoms with Gasteiger partial charge in [-0.2, -0.15) is 0 Å². The third-order valence-electron chi connectivity index (χ3n) is 2.79. The first-order valence-corrected chi connectivity index (χ1v) is 7.67. The van der Waals surface area contributed by atoms with Gasteiger partial charge in [0.1, 0.15) is 0 Å². The summed E-state index contributed by atoms with van der Waals surface area (Å²) >= 11 is 0. The molecule has 0 radical (unpaired) electrons. The van der Waals surface area contributed by atoms with E-state index in [0.29, 0.717) is 5.56 Å². The fourth-order valence-corrected chi connectivity index (χ4v) is 2.58. The molecule has 0 heterocycles. The number of rotatable bonds is 7. The number of ether oxygens (including phenoxy) is 1. The molecule has 118 valence electrons. The van der Waals surface area contributed by atoms with E-state index < -0.39 is 28.2 Å². The zero-order valence-electron chi connectivity index (χ0n) is 11.9. The molecule has 0 aliphatic heterocycles. The molecule has 0 saturated heterocycles. The predicted octanol–water partition coefficient (Wildman–Crippen LogP) is -0.576. The van der Waals surface area contributed by atoms with Crippen LogP contribution in [0.1, 0.15) is 12.5 Å². The molecule has 0 spiro atoms. The highest BCUT2D eigenvalue weighted by molar-refractivity contribution is 7.89. The number of carbonyl (C=O) groups is 1. The van der Waals surface area contributed by atoms with Gasteiger partial charge in [-0.25, -0.2) is 13.1 Å². The lowest BCUT2D eigenvalue weighted by atomic mass is 10.1. The Morgan fingerprint density at radius 3 is 2.38 bits per heavy atom. The van der Waals surface area contributed by atoms with Crippen molar-refractivity contribution in [3.63, 3.8) is 0 Å². The van der Waals surface area contributed by atoms with E-state index in [4.69, 9.17) is 5.11 Å². The van der Waals surface area contributed by atoms with Crippen LogP contribution < -0.4 is 4.72 Å². The summed E-state index contributed by atoms with van der Waals surface area (Å²) in [5, 5.41) is 18.5. The summed E-state index contributed by atoms with van der Waals surface area (Å²) in [6.07, 6.45) is 0.0590. The zero-order chi connectivity index (χ0) is 16.1. The van der Waals surface area contributed by atoms with Gasteiger partial charge in [-0.05, 0) is 24.6 Å². The van der Waals surface area contributed by atoms with Crippen molar-refractivity contribution in [1.29, 1.82) is 0 Å². The number of esters is 1. The molecule has 0 fully saturated rings. The molecule has 0 saturated carbocycles. The average molecular weight is 317 g/mol. The number of hydrogen-bond donors (Lipinski definition) is 3. The van der Waals surface area contributed by atoms with E-state index in [2.05, 4.69) is 9.46 Å². The summed E-state index contributed by atoms with van der Waals surface area (Å²) in [6, 6.07) is 5.73. The van der Waals surface area contributed by atoms with Crippen molar-refractivity contribution in [1.82, 2.24) is 4.72 Å². The predicted molar refractivity (Wildman–Crippen MR) is 75.1 cm³/mol. The summed E-state index contributed by atoms with van der Waals surface area (Å²) in [5.74, 6) is -0.414. The van der Waals surface area contributed by atoms with Crippen molar-refractivity contribution in [3.05, 3.63) is 29.8 Å². The number of nitrogens with one attached hydrogen (secondary N) is 1. The minimum Gasteiger partial charge on any atom is -0.469 e. The molecule has 1 unspecified atom stereocenters. The first-order valence-electron chi connectivity index (χ1n) is 6.19. The van der Waals surface area contributed by atoms with E-state index in [-0.39, 0.29) is 17.9 Å². The zero-order valence-corrected chi connectivity index (χ0v) is 12.7. The van der Waals surface area contributed by atoms with Crippen LogP contribution >= 0.6 is 0 Å². The molecule has 1 atom stereocenters. The number of methoxy groups -OCH3 is 1. The molecule has 21 heavy (non-hydrogen) atoms. The molecule has 0 aliphatic carbocycles. The Hall–Kier alpha value is -1.48. The van der Waals surface area contributed by atoms with Crippen LogP contribution in [0.25, 0.3) is 0 Å². The first-order chi connectivity index (χ1) is 9.70. The van der Waals surface area contributed by atoms with Gasteiger partial charge in [0, 0.05) is 6.54 Å². The Bertz CT molecular complexity index is 579. The molecule has 0 bridgehead atoms. The Kier molecular flexibility index (Phi) is 5.85. The highest BCUT2D eigenvalue weighted by Gasteiger charge is 2.23. The van der Waals surface area contributed by atoms with Gasteiger partial charge in [0.05, 0.1) is 30.6 Å². The van der Waals surface area contributed by atoms with Crippen LogP contribution in [-0.2, 0) is 26.0 Å². The Morgan fingerprint density at radius 1 is 1.33 bits per heavy atom. The molecule has 8 heteroatoms. The van der Waals surface area contributed by atoms with Crippen LogP contribution in [0, 0.1) is 0 Å². The molecule has 1 aromatic rings. The van der Waals surface area contributed by atoms with Crippen molar-refractivity contribution in [2.24, 2.45) is 0 Å². The van der Waals surface area contributed by atoms with Gasteiger partial charge in [0.25, 0.3) is 0 Å². The van der Waals surface area contributed by atoms with Gasteiger partial charge >= 0.3 is 5.97 Å². The molecule has 1 aromatic carbocycles. The van der Waals surface area contributed by atoms with Gasteiger partial charge in [-0.15, -0.1) is 0 Å². The maximum Gasteiger partial charge on any atom is 0.309 e. The summed E-state index contributed by atoms with van der Waals surface area (Å²) in [5.41, 5.74) is -0.902. The van der Waals surface area contributed by atoms with Crippen LogP contribution in [0.2, 0.25) is 0 Å². The molecule has 1 rings (SSSR count). The number of sulfonamides is 1. The van der Waals surface area contributed by atoms with E-state index in [0.717, 1.165) is 0 Å². The lowest BCUT2D eigenvalue weighted by molar-refractivity contribution is -0.139. The van der Waals surface area contributed by atoms with Gasteiger partial charge in [-0.3, -0.25) is 4.79 Å². The minimum atomic E-state index is -3.79. The lowest BCUT2D eigenvalue weighted by Crippen LogP contribution is -2.43. The second-order valence-corrected chi connectivity index (χ2v) is 6.64. The monoisotopic (exact) mass is 317 g/mol. The summed E-state index contributed by atoms with van der Waals surface area (Å²) in [4.78, 5) is 11.1. The number of aliphatic hydroxyl groups is 2. The molecule has 7 nitrogen and oxygen atoms in total. The van der Waals surface area contributed by atoms with Crippen LogP contribution in [0.15, 0.2) is 29.2 Å². The van der Waals surface area contributed by atoms with Gasteiger partial charge in [0.15, 0.2) is 0 Å². The molecule has 0 aliphatic rings. The number of carbonyl (C=O) groups excluding carboxylic acids is 1. The van der Waals surface area contributed by atoms with Crippen LogP contribution in [0.5, 0.6) is 0 Å². The van der Waals surface area contributed by atoms with E-state index >= 15 is 0 Å². The Labute approximate surface area is 123 Å². The molecule has 0 amide bonds. The minimum absolute atomic E-state index is 0.00450. The van der Waals surface area contributed by atoms with Crippen LogP contribution in [0.4, 0.5) is 0 Å². The lowest BCUT2D eigenvalue weighted by Gasteiger charge is -2.20. The standard InChI is InChI=1S/C13H19NO6S/c1-13(17,9-15)8-14-21(18,19)11-5-3-10(4-6-11)7-12(16)20-2/h3-6,14-15,17H,7-9H2,1-2H3. The maximum atomic E-state index is 12.0. The highest BCUT2D eigenvalue weighted by atomic mass is 32.2. The maximum absolute atomic E-state index is 12.0. The second kappa shape index (κ2) is 6.99. The third kappa shape index (κ3) is 5.43. The molecule has 3 N–H and O–H groups in total. The first kappa shape index (κ1) is 17.6. The molecular formula is C13H19NO6S. The van der Waals surface area contributed by atoms with Crippen LogP contribution in [-0.4, -0.2) is 50.5 Å². The number of benzene rings is 1. The summed E-state index contributed by atoms with van der Waals surface area (Å²) < 4.78 is 30.7. The Balaban J connectivity index is 2.78. The number of aliphatic hydroxyl groups excluding tert-OH is 1. The fraction of sp³-hybridized carbons (Fsp3) is 0.462. The molecule has 0 aromatic heterocycles. The van der Waals surface area contributed by atoms with Crippen molar-refractivity contribution >= 4 is 16.0 Å². The fourth-order valence-electron chi connectivity index (χ4n) is 1.42. The third-order valence-corrected chi connectivity index (χ3v) is 4.21. The number of hydrogen-bond acceptors (Lipinski definition) is 6. The molecular weight excluding hydrogens is 298 g/mol. The van der Waals surface area contributed by atoms with E-state index in [1.54, 1.807) is 0 Å². The second-order valence-electron chi connectivity index (χ2n) is 4.88. The quantitative estimate of drug-likeness (QED) is 0.580. The van der Waals surface area contributed by atoms with Crippen molar-refractivity contribution in [3.8, 4) is 0 Å². The van der Waals surface area contributed by atoms with E-state index in [1.807, 2.05) is 0 Å². The van der Waals surface area contributed by atoms with Crippen molar-refractivity contribution in [2.45, 2.75) is 23.8 Å². The Morgan fingerprint density at radius 2 is 1.90 bits per heavy atom. The highest BCUT2D eigenvalue weighted by Crippen LogP contribution is 2.12. The topological polar surface area (TPSA) is 113 Å². The summed E-state index contributed by atoms with van der Waals surface area (Å²) in [6.45, 7) is 0.443. The largest absolute Gasteiger partial charge is 0.469 e. The van der Waals surface area contributed by atoms with Gasteiger partial charge in [0.2, 0.25) is 10.0 Å². The van der Waals surface area contributed by atoms with Gasteiger partial charge in [-0.1, -0.05) is 12.1 Å². The van der Waals surface area contributed by atoms with E-state index in [1.165, 1.54) is 38.3 Å². The normalized spacial score (nSPS) is 14.5. The van der Waals surface area contributed by atoms with Crippen molar-refractivity contribution < 1.29 is 28.2 Å². The smallest absolute Gasteiger partial charge is 0.309 e. The summed E-state index contributed by atoms with van der Waals surface area (Å²) in [7, 11) is -2.52. The van der Waals surface area contributed by atoms with Gasteiger partial charge < -0.3 is 14.9 Å². The SMILES string of the molecule is COC(=O)Cc1ccc(S(=O)(=O)NCC(C)(O)CO)cc1. The average Bonchev–Trinajstić information content (AvgIpc) is 2.46. The van der Waals surface area contributed by atoms with Crippen molar-refractivity contribution in [2.75, 3.05) is 20.3 Å². The van der Waals surface area contributed by atoms with Crippen LogP contribution in [0.3, 0.4) is 0 Å². The van der Waals surface area contributed by atoms with E-state index in [9.17, 15) is 18.3 Å².